The highest BCUT2D eigenvalue weighted by Crippen LogP contribution is 2.30. The van der Waals surface area contributed by atoms with E-state index in [0.717, 1.165) is 17.3 Å². The van der Waals surface area contributed by atoms with Gasteiger partial charge in [0.2, 0.25) is 5.82 Å². The summed E-state index contributed by atoms with van der Waals surface area (Å²) in [4.78, 5) is 37.8. The zero-order valence-corrected chi connectivity index (χ0v) is 21.4. The van der Waals surface area contributed by atoms with E-state index in [2.05, 4.69) is 20.3 Å². The van der Waals surface area contributed by atoms with Gasteiger partial charge in [0, 0.05) is 46.7 Å². The molecule has 0 aliphatic rings. The Morgan fingerprint density at radius 1 is 1.16 bits per heavy atom. The van der Waals surface area contributed by atoms with Gasteiger partial charge in [-0.3, -0.25) is 9.59 Å². The highest BCUT2D eigenvalue weighted by Gasteiger charge is 2.34. The predicted molar refractivity (Wildman–Crippen MR) is 130 cm³/mol. The molecule has 198 valence electrons. The number of thiazole rings is 1. The maximum atomic E-state index is 13.1. The highest BCUT2D eigenvalue weighted by atomic mass is 32.1. The van der Waals surface area contributed by atoms with E-state index >= 15 is 0 Å². The zero-order valence-electron chi connectivity index (χ0n) is 20.6. The third-order valence-corrected chi connectivity index (χ3v) is 6.02. The van der Waals surface area contributed by atoms with Crippen LogP contribution in [0, 0.1) is 6.92 Å². The van der Waals surface area contributed by atoms with Crippen molar-refractivity contribution >= 4 is 23.7 Å². The van der Waals surface area contributed by atoms with Crippen LogP contribution in [0.2, 0.25) is 0 Å². The summed E-state index contributed by atoms with van der Waals surface area (Å²) in [7, 11) is 3.66. The van der Waals surface area contributed by atoms with Gasteiger partial charge in [-0.2, -0.15) is 13.2 Å². The molecule has 37 heavy (non-hydrogen) atoms. The molecular formula is C24H26F3N5O4S. The van der Waals surface area contributed by atoms with E-state index in [-0.39, 0.29) is 12.2 Å². The van der Waals surface area contributed by atoms with Gasteiger partial charge in [-0.25, -0.2) is 15.0 Å². The van der Waals surface area contributed by atoms with Crippen molar-refractivity contribution in [2.45, 2.75) is 32.2 Å². The summed E-state index contributed by atoms with van der Waals surface area (Å²) in [5, 5.41) is 3.42. The standard InChI is InChI=1S/C24H26F3N5O4S/c1-14-8-28-22(37-14)17-5-16(6-19(7-17)35-12-20(36-13-33)11-32(3)4)21(34)31-15(2)18-9-29-23(30-10-18)24(25,26)27/h5-10,13,15,20H,11-12H2,1-4H3,(H,31,34)/t15-,20+/m1/s1. The number of amides is 1. The van der Waals surface area contributed by atoms with Gasteiger partial charge in [-0.05, 0) is 46.1 Å². The van der Waals surface area contributed by atoms with Crippen molar-refractivity contribution < 1.29 is 32.2 Å². The molecular weight excluding hydrogens is 511 g/mol. The van der Waals surface area contributed by atoms with Gasteiger partial charge in [0.1, 0.15) is 23.5 Å². The van der Waals surface area contributed by atoms with Crippen molar-refractivity contribution in [3.8, 4) is 16.3 Å². The van der Waals surface area contributed by atoms with Crippen molar-refractivity contribution in [3.63, 3.8) is 0 Å². The molecule has 9 nitrogen and oxygen atoms in total. The van der Waals surface area contributed by atoms with E-state index < -0.39 is 30.1 Å². The molecule has 3 aromatic rings. The number of nitrogens with zero attached hydrogens (tertiary/aromatic N) is 4. The molecule has 1 amide bonds. The molecule has 2 heterocycles. The van der Waals surface area contributed by atoms with Crippen LogP contribution in [0.15, 0.2) is 36.8 Å². The summed E-state index contributed by atoms with van der Waals surface area (Å²) in [5.74, 6) is -1.38. The van der Waals surface area contributed by atoms with Gasteiger partial charge in [0.15, 0.2) is 0 Å². The van der Waals surface area contributed by atoms with Crippen molar-refractivity contribution in [1.29, 1.82) is 0 Å². The molecule has 1 N–H and O–H groups in total. The lowest BCUT2D eigenvalue weighted by Gasteiger charge is -2.20. The predicted octanol–water partition coefficient (Wildman–Crippen LogP) is 3.90. The van der Waals surface area contributed by atoms with Crippen LogP contribution in [-0.4, -0.2) is 65.6 Å². The summed E-state index contributed by atoms with van der Waals surface area (Å²) < 4.78 is 49.2. The smallest absolute Gasteiger partial charge is 0.451 e. The number of carbonyl (C=O) groups is 2. The Hall–Kier alpha value is -3.58. The third kappa shape index (κ3) is 7.95. The van der Waals surface area contributed by atoms with Crippen molar-refractivity contribution in [2.24, 2.45) is 0 Å². The number of likely N-dealkylation sites (N-methyl/N-ethyl adjacent to an activating group) is 1. The third-order valence-electron chi connectivity index (χ3n) is 5.06. The average Bonchev–Trinajstić information content (AvgIpc) is 3.28. The number of aryl methyl sites for hydroxylation is 1. The fourth-order valence-electron chi connectivity index (χ4n) is 3.31. The number of nitrogens with one attached hydrogen (secondary N) is 1. The number of rotatable bonds is 11. The minimum atomic E-state index is -4.65. The number of ether oxygens (including phenoxy) is 2. The van der Waals surface area contributed by atoms with Crippen LogP contribution < -0.4 is 10.1 Å². The van der Waals surface area contributed by atoms with Crippen LogP contribution in [0.1, 0.15) is 39.6 Å². The summed E-state index contributed by atoms with van der Waals surface area (Å²) in [5.41, 5.74) is 1.20. The van der Waals surface area contributed by atoms with Crippen molar-refractivity contribution in [3.05, 3.63) is 58.6 Å². The van der Waals surface area contributed by atoms with E-state index in [1.165, 1.54) is 17.4 Å². The quantitative estimate of drug-likeness (QED) is 0.367. The Morgan fingerprint density at radius 3 is 2.43 bits per heavy atom. The largest absolute Gasteiger partial charge is 0.490 e. The number of hydrogen-bond donors (Lipinski definition) is 1. The molecule has 13 heteroatoms. The Bertz CT molecular complexity index is 1220. The Morgan fingerprint density at radius 2 is 1.86 bits per heavy atom. The first kappa shape index (κ1) is 28.0. The van der Waals surface area contributed by atoms with E-state index in [0.29, 0.717) is 34.9 Å². The molecule has 0 unspecified atom stereocenters. The highest BCUT2D eigenvalue weighted by molar-refractivity contribution is 7.14. The summed E-state index contributed by atoms with van der Waals surface area (Å²) in [6.07, 6.45) is -1.41. The second kappa shape index (κ2) is 12.1. The number of carbonyl (C=O) groups excluding carboxylic acids is 2. The molecule has 0 aliphatic heterocycles. The van der Waals surface area contributed by atoms with Gasteiger partial charge in [0.25, 0.3) is 12.4 Å². The lowest BCUT2D eigenvalue weighted by atomic mass is 10.1. The maximum Gasteiger partial charge on any atom is 0.451 e. The number of hydrogen-bond acceptors (Lipinski definition) is 9. The monoisotopic (exact) mass is 537 g/mol. The molecule has 0 saturated carbocycles. The molecule has 3 rings (SSSR count). The van der Waals surface area contributed by atoms with E-state index in [1.54, 1.807) is 25.3 Å². The molecule has 0 spiro atoms. The second-order valence-corrected chi connectivity index (χ2v) is 9.72. The second-order valence-electron chi connectivity index (χ2n) is 8.48. The molecule has 0 saturated heterocycles. The first-order chi connectivity index (χ1) is 17.5. The summed E-state index contributed by atoms with van der Waals surface area (Å²) in [6, 6.07) is 4.24. The molecule has 2 atom stereocenters. The molecule has 0 fully saturated rings. The fourth-order valence-corrected chi connectivity index (χ4v) is 4.06. The van der Waals surface area contributed by atoms with Crippen molar-refractivity contribution in [2.75, 3.05) is 27.2 Å². The van der Waals surface area contributed by atoms with Gasteiger partial charge in [-0.1, -0.05) is 0 Å². The molecule has 0 aliphatic carbocycles. The minimum Gasteiger partial charge on any atom is -0.490 e. The van der Waals surface area contributed by atoms with Gasteiger partial charge in [-0.15, -0.1) is 11.3 Å². The van der Waals surface area contributed by atoms with Crippen LogP contribution in [0.3, 0.4) is 0 Å². The SMILES string of the molecule is Cc1cnc(-c2cc(OC[C@H](CN(C)C)OC=O)cc(C(=O)N[C@H](C)c3cnc(C(F)(F)F)nc3)c2)s1. The van der Waals surface area contributed by atoms with Crippen LogP contribution >= 0.6 is 11.3 Å². The van der Waals surface area contributed by atoms with E-state index in [9.17, 15) is 22.8 Å². The first-order valence-electron chi connectivity index (χ1n) is 11.1. The first-order valence-corrected chi connectivity index (χ1v) is 11.9. The van der Waals surface area contributed by atoms with Crippen LogP contribution in [0.25, 0.3) is 10.6 Å². The maximum absolute atomic E-state index is 13.1. The minimum absolute atomic E-state index is 0.0532. The van der Waals surface area contributed by atoms with Gasteiger partial charge in [0.05, 0.1) is 6.04 Å². The molecule has 2 aromatic heterocycles. The Balaban J connectivity index is 1.83. The van der Waals surface area contributed by atoms with Crippen LogP contribution in [-0.2, 0) is 15.7 Å². The van der Waals surface area contributed by atoms with Crippen molar-refractivity contribution in [1.82, 2.24) is 25.2 Å². The van der Waals surface area contributed by atoms with E-state index in [1.807, 2.05) is 25.9 Å². The zero-order chi connectivity index (χ0) is 27.2. The number of benzene rings is 1. The fraction of sp³-hybridized carbons (Fsp3) is 0.375. The molecule has 0 bridgehead atoms. The summed E-state index contributed by atoms with van der Waals surface area (Å²) in [6.45, 7) is 4.36. The van der Waals surface area contributed by atoms with E-state index in [4.69, 9.17) is 9.47 Å². The topological polar surface area (TPSA) is 107 Å². The van der Waals surface area contributed by atoms with Gasteiger partial charge >= 0.3 is 6.18 Å². The Kier molecular flexibility index (Phi) is 9.16. The Labute approximate surface area is 215 Å². The van der Waals surface area contributed by atoms with Crippen LogP contribution in [0.4, 0.5) is 13.2 Å². The molecule has 1 aromatic carbocycles. The average molecular weight is 538 g/mol. The number of aromatic nitrogens is 3. The van der Waals surface area contributed by atoms with Crippen LogP contribution in [0.5, 0.6) is 5.75 Å². The molecule has 0 radical (unpaired) electrons. The normalized spacial score (nSPS) is 13.2. The number of alkyl halides is 3. The lowest BCUT2D eigenvalue weighted by Crippen LogP contribution is -2.33. The number of halogens is 3. The lowest BCUT2D eigenvalue weighted by molar-refractivity contribution is -0.145. The summed E-state index contributed by atoms with van der Waals surface area (Å²) >= 11 is 1.44. The van der Waals surface area contributed by atoms with Gasteiger partial charge < -0.3 is 19.7 Å².